The first-order valence-electron chi connectivity index (χ1n) is 8.35. The number of carbonyl (C=O) groups excluding carboxylic acids is 1. The van der Waals surface area contributed by atoms with Crippen molar-refractivity contribution in [1.82, 2.24) is 14.9 Å². The highest BCUT2D eigenvalue weighted by Crippen LogP contribution is 2.24. The molecule has 0 radical (unpaired) electrons. The molecule has 116 valence electrons. The van der Waals surface area contributed by atoms with Crippen LogP contribution in [0, 0.1) is 0 Å². The van der Waals surface area contributed by atoms with Crippen LogP contribution in [0.15, 0.2) is 18.2 Å². The van der Waals surface area contributed by atoms with E-state index in [-0.39, 0.29) is 11.9 Å². The first-order chi connectivity index (χ1) is 10.8. The highest BCUT2D eigenvalue weighted by atomic mass is 16.2. The summed E-state index contributed by atoms with van der Waals surface area (Å²) in [4.78, 5) is 17.0. The van der Waals surface area contributed by atoms with Gasteiger partial charge in [0, 0.05) is 18.7 Å². The maximum Gasteiger partial charge on any atom is 0.241 e. The number of amides is 1. The number of nitrogens with one attached hydrogen (secondary N) is 2. The van der Waals surface area contributed by atoms with Crippen LogP contribution in [0.3, 0.4) is 0 Å². The first-order valence-corrected chi connectivity index (χ1v) is 8.35. The molecular formula is C17H22N4O. The number of carbonyl (C=O) groups is 1. The van der Waals surface area contributed by atoms with Crippen molar-refractivity contribution in [2.24, 2.45) is 0 Å². The molecule has 0 aliphatic carbocycles. The normalized spacial score (nSPS) is 21.5. The number of nitrogens with zero attached hydrogens (tertiary/aromatic N) is 2. The number of benzene rings is 1. The molecule has 1 atom stereocenters. The maximum absolute atomic E-state index is 12.2. The summed E-state index contributed by atoms with van der Waals surface area (Å²) < 4.78 is 2.34. The largest absolute Gasteiger partial charge is 0.328 e. The lowest BCUT2D eigenvalue weighted by Gasteiger charge is -2.11. The van der Waals surface area contributed by atoms with E-state index in [0.717, 1.165) is 43.6 Å². The zero-order chi connectivity index (χ0) is 14.9. The van der Waals surface area contributed by atoms with Gasteiger partial charge in [0.05, 0.1) is 17.1 Å². The minimum atomic E-state index is -0.0468. The molecule has 1 amide bonds. The Kier molecular flexibility index (Phi) is 3.58. The van der Waals surface area contributed by atoms with Gasteiger partial charge in [-0.2, -0.15) is 0 Å². The number of aryl methyl sites for hydroxylation is 2. The van der Waals surface area contributed by atoms with Crippen LogP contribution in [0.2, 0.25) is 0 Å². The number of aromatic nitrogens is 2. The molecule has 2 aromatic rings. The quantitative estimate of drug-likeness (QED) is 0.895. The zero-order valence-electron chi connectivity index (χ0n) is 12.8. The zero-order valence-corrected chi connectivity index (χ0v) is 12.8. The van der Waals surface area contributed by atoms with Gasteiger partial charge >= 0.3 is 0 Å². The van der Waals surface area contributed by atoms with E-state index in [2.05, 4.69) is 21.3 Å². The Balaban J connectivity index is 1.59. The van der Waals surface area contributed by atoms with Crippen molar-refractivity contribution in [3.63, 3.8) is 0 Å². The SMILES string of the molecule is O=C(Nc1ccc2c(c1)nc1n2CCCCC1)C1CCCN1. The van der Waals surface area contributed by atoms with Gasteiger partial charge in [-0.25, -0.2) is 4.98 Å². The summed E-state index contributed by atoms with van der Waals surface area (Å²) in [6, 6.07) is 6.04. The average Bonchev–Trinajstić information content (AvgIpc) is 3.10. The van der Waals surface area contributed by atoms with E-state index in [1.807, 2.05) is 12.1 Å². The van der Waals surface area contributed by atoms with Crippen LogP contribution in [0.4, 0.5) is 5.69 Å². The van der Waals surface area contributed by atoms with Gasteiger partial charge in [0.15, 0.2) is 0 Å². The first kappa shape index (κ1) is 13.8. The Morgan fingerprint density at radius 3 is 3.09 bits per heavy atom. The third-order valence-corrected chi connectivity index (χ3v) is 4.75. The van der Waals surface area contributed by atoms with Gasteiger partial charge in [0.1, 0.15) is 5.82 Å². The summed E-state index contributed by atoms with van der Waals surface area (Å²) >= 11 is 0. The number of hydrogen-bond donors (Lipinski definition) is 2. The molecule has 0 saturated carbocycles. The molecule has 2 aliphatic heterocycles. The van der Waals surface area contributed by atoms with Gasteiger partial charge in [-0.15, -0.1) is 0 Å². The third-order valence-electron chi connectivity index (χ3n) is 4.75. The van der Waals surface area contributed by atoms with Crippen LogP contribution in [0.1, 0.15) is 37.9 Å². The Hall–Kier alpha value is -1.88. The standard InChI is InChI=1S/C17H22N4O/c22-17(13-5-4-9-18-13)19-12-7-8-15-14(11-12)20-16-6-2-1-3-10-21(15)16/h7-8,11,13,18H,1-6,9-10H2,(H,19,22). The maximum atomic E-state index is 12.2. The minimum Gasteiger partial charge on any atom is -0.328 e. The molecule has 2 N–H and O–H groups in total. The van der Waals surface area contributed by atoms with Crippen LogP contribution in [0.5, 0.6) is 0 Å². The van der Waals surface area contributed by atoms with Crippen molar-refractivity contribution in [2.45, 2.75) is 51.1 Å². The predicted octanol–water partition coefficient (Wildman–Crippen LogP) is 2.45. The summed E-state index contributed by atoms with van der Waals surface area (Å²) in [6.45, 7) is 1.99. The molecule has 5 nitrogen and oxygen atoms in total. The van der Waals surface area contributed by atoms with Gasteiger partial charge in [-0.1, -0.05) is 6.42 Å². The average molecular weight is 298 g/mol. The van der Waals surface area contributed by atoms with Gasteiger partial charge in [0.2, 0.25) is 5.91 Å². The molecule has 22 heavy (non-hydrogen) atoms. The van der Waals surface area contributed by atoms with E-state index in [1.165, 1.54) is 30.6 Å². The van der Waals surface area contributed by atoms with E-state index >= 15 is 0 Å². The van der Waals surface area contributed by atoms with Gasteiger partial charge < -0.3 is 15.2 Å². The molecule has 5 heteroatoms. The second-order valence-corrected chi connectivity index (χ2v) is 6.33. The fraction of sp³-hybridized carbons (Fsp3) is 0.529. The molecule has 3 heterocycles. The number of rotatable bonds is 2. The molecular weight excluding hydrogens is 276 g/mol. The van der Waals surface area contributed by atoms with Gasteiger partial charge in [0.25, 0.3) is 0 Å². The lowest BCUT2D eigenvalue weighted by Crippen LogP contribution is -2.35. The van der Waals surface area contributed by atoms with Crippen LogP contribution in [-0.4, -0.2) is 28.0 Å². The highest BCUT2D eigenvalue weighted by Gasteiger charge is 2.22. The molecule has 1 saturated heterocycles. The number of fused-ring (bicyclic) bond motifs is 3. The summed E-state index contributed by atoms with van der Waals surface area (Å²) in [5.74, 6) is 1.26. The Labute approximate surface area is 130 Å². The Bertz CT molecular complexity index is 700. The Morgan fingerprint density at radius 2 is 2.23 bits per heavy atom. The predicted molar refractivity (Wildman–Crippen MR) is 86.9 cm³/mol. The molecule has 1 fully saturated rings. The molecule has 0 spiro atoms. The second-order valence-electron chi connectivity index (χ2n) is 6.33. The second kappa shape index (κ2) is 5.72. The summed E-state index contributed by atoms with van der Waals surface area (Å²) in [5, 5.41) is 6.25. The van der Waals surface area contributed by atoms with E-state index in [0.29, 0.717) is 0 Å². The summed E-state index contributed by atoms with van der Waals surface area (Å²) in [5.41, 5.74) is 3.03. The van der Waals surface area contributed by atoms with E-state index in [1.54, 1.807) is 0 Å². The minimum absolute atomic E-state index is 0.0468. The number of imidazole rings is 1. The summed E-state index contributed by atoms with van der Waals surface area (Å²) in [6.07, 6.45) is 6.79. The number of hydrogen-bond acceptors (Lipinski definition) is 3. The van der Waals surface area contributed by atoms with Crippen molar-refractivity contribution in [2.75, 3.05) is 11.9 Å². The topological polar surface area (TPSA) is 59.0 Å². The summed E-state index contributed by atoms with van der Waals surface area (Å²) in [7, 11) is 0. The van der Waals surface area contributed by atoms with Crippen molar-refractivity contribution in [1.29, 1.82) is 0 Å². The van der Waals surface area contributed by atoms with E-state index < -0.39 is 0 Å². The van der Waals surface area contributed by atoms with Crippen molar-refractivity contribution >= 4 is 22.6 Å². The lowest BCUT2D eigenvalue weighted by atomic mass is 10.2. The van der Waals surface area contributed by atoms with Crippen LogP contribution < -0.4 is 10.6 Å². The van der Waals surface area contributed by atoms with Crippen molar-refractivity contribution in [3.8, 4) is 0 Å². The molecule has 0 bridgehead atoms. The highest BCUT2D eigenvalue weighted by molar-refractivity contribution is 5.96. The molecule has 1 aromatic heterocycles. The van der Waals surface area contributed by atoms with E-state index in [9.17, 15) is 4.79 Å². The van der Waals surface area contributed by atoms with E-state index in [4.69, 9.17) is 4.98 Å². The third kappa shape index (κ3) is 2.50. The smallest absolute Gasteiger partial charge is 0.241 e. The monoisotopic (exact) mass is 298 g/mol. The number of anilines is 1. The fourth-order valence-corrected chi connectivity index (χ4v) is 3.57. The molecule has 4 rings (SSSR count). The van der Waals surface area contributed by atoms with Gasteiger partial charge in [-0.05, 0) is 50.4 Å². The lowest BCUT2D eigenvalue weighted by molar-refractivity contribution is -0.117. The van der Waals surface area contributed by atoms with Crippen LogP contribution in [-0.2, 0) is 17.8 Å². The molecule has 1 unspecified atom stereocenters. The van der Waals surface area contributed by atoms with Crippen molar-refractivity contribution in [3.05, 3.63) is 24.0 Å². The molecule has 1 aromatic carbocycles. The molecule has 2 aliphatic rings. The van der Waals surface area contributed by atoms with Crippen LogP contribution >= 0.6 is 0 Å². The van der Waals surface area contributed by atoms with Crippen LogP contribution in [0.25, 0.3) is 11.0 Å². The fourth-order valence-electron chi connectivity index (χ4n) is 3.57. The van der Waals surface area contributed by atoms with Crippen molar-refractivity contribution < 1.29 is 4.79 Å². The van der Waals surface area contributed by atoms with Gasteiger partial charge in [-0.3, -0.25) is 4.79 Å². The Morgan fingerprint density at radius 1 is 1.27 bits per heavy atom.